The summed E-state index contributed by atoms with van der Waals surface area (Å²) in [7, 11) is -4.13. The first-order valence-electron chi connectivity index (χ1n) is 10.9. The molecule has 1 heterocycles. The van der Waals surface area contributed by atoms with Crippen LogP contribution in [0.2, 0.25) is 0 Å². The number of carbonyl (C=O) groups is 3. The Balaban J connectivity index is 1.42. The van der Waals surface area contributed by atoms with Gasteiger partial charge in [0.1, 0.15) is 10.6 Å². The summed E-state index contributed by atoms with van der Waals surface area (Å²) in [4.78, 5) is 47.7. The Labute approximate surface area is 221 Å². The molecular formula is C25H19N3O8S2. The van der Waals surface area contributed by atoms with Crippen molar-refractivity contribution >= 4 is 56.4 Å². The minimum absolute atomic E-state index is 0.0313. The zero-order chi connectivity index (χ0) is 27.4. The van der Waals surface area contributed by atoms with Gasteiger partial charge in [0.25, 0.3) is 16.8 Å². The molecule has 194 valence electrons. The van der Waals surface area contributed by atoms with Gasteiger partial charge in [-0.25, -0.2) is 0 Å². The van der Waals surface area contributed by atoms with E-state index in [1.165, 1.54) is 85.8 Å². The molecule has 4 rings (SSSR count). The van der Waals surface area contributed by atoms with Gasteiger partial charge in [0, 0.05) is 24.7 Å². The van der Waals surface area contributed by atoms with Gasteiger partial charge in [-0.15, -0.1) is 0 Å². The van der Waals surface area contributed by atoms with Crippen LogP contribution in [0.4, 0.5) is 16.2 Å². The van der Waals surface area contributed by atoms with E-state index >= 15 is 0 Å². The maximum Gasteiger partial charge on any atom is 0.339 e. The number of nitrogens with one attached hydrogen (secondary N) is 1. The van der Waals surface area contributed by atoms with Gasteiger partial charge in [0.15, 0.2) is 0 Å². The lowest BCUT2D eigenvalue weighted by Crippen LogP contribution is -2.27. The molecular weight excluding hydrogens is 534 g/mol. The monoisotopic (exact) mass is 553 g/mol. The van der Waals surface area contributed by atoms with Crippen LogP contribution in [-0.2, 0) is 26.3 Å². The molecule has 1 saturated heterocycles. The van der Waals surface area contributed by atoms with E-state index in [0.717, 1.165) is 16.7 Å². The lowest BCUT2D eigenvalue weighted by Gasteiger charge is -2.12. The summed E-state index contributed by atoms with van der Waals surface area (Å²) in [5, 5.41) is 12.9. The molecule has 1 fully saturated rings. The maximum absolute atomic E-state index is 12.8. The van der Waals surface area contributed by atoms with Gasteiger partial charge in [-0.3, -0.25) is 29.4 Å². The quantitative estimate of drug-likeness (QED) is 0.183. The number of rotatable bonds is 8. The van der Waals surface area contributed by atoms with Crippen molar-refractivity contribution in [3.63, 3.8) is 0 Å². The third-order valence-electron chi connectivity index (χ3n) is 5.21. The van der Waals surface area contributed by atoms with Crippen LogP contribution in [0.5, 0.6) is 5.75 Å². The molecule has 13 heteroatoms. The number of benzene rings is 3. The highest BCUT2D eigenvalue weighted by molar-refractivity contribution is 8.18. The molecule has 38 heavy (non-hydrogen) atoms. The smallest absolute Gasteiger partial charge is 0.339 e. The van der Waals surface area contributed by atoms with Gasteiger partial charge in [-0.1, -0.05) is 24.3 Å². The molecule has 3 aromatic rings. The van der Waals surface area contributed by atoms with E-state index in [4.69, 9.17) is 4.18 Å². The molecule has 1 N–H and O–H groups in total. The number of nitro groups is 1. The molecule has 11 nitrogen and oxygen atoms in total. The Hall–Kier alpha value is -4.49. The minimum atomic E-state index is -4.13. The maximum atomic E-state index is 12.8. The van der Waals surface area contributed by atoms with Crippen molar-refractivity contribution in [1.82, 2.24) is 4.90 Å². The van der Waals surface area contributed by atoms with E-state index in [0.29, 0.717) is 16.8 Å². The zero-order valence-corrected chi connectivity index (χ0v) is 21.3. The molecule has 1 aliphatic heterocycles. The number of imide groups is 1. The Morgan fingerprint density at radius 1 is 1.03 bits per heavy atom. The predicted octanol–water partition coefficient (Wildman–Crippen LogP) is 4.56. The van der Waals surface area contributed by atoms with Crippen molar-refractivity contribution in [3.8, 4) is 5.75 Å². The fraction of sp³-hybridized carbons (Fsp3) is 0.0800. The van der Waals surface area contributed by atoms with Crippen molar-refractivity contribution in [3.05, 3.63) is 98.9 Å². The molecule has 3 amide bonds. The zero-order valence-electron chi connectivity index (χ0n) is 19.7. The number of nitro benzene ring substituents is 1. The first kappa shape index (κ1) is 26.6. The minimum Gasteiger partial charge on any atom is -0.379 e. The first-order valence-corrected chi connectivity index (χ1v) is 13.2. The SMILES string of the molecule is CC(=O)Nc1ccc(S(=O)(=O)Oc2ccc(/C=C3\SC(=O)N(Cc4ccc([N+](=O)[O-])cc4)C3=O)cc2)cc1. The topological polar surface area (TPSA) is 153 Å². The highest BCUT2D eigenvalue weighted by atomic mass is 32.2. The third-order valence-corrected chi connectivity index (χ3v) is 7.38. The van der Waals surface area contributed by atoms with Crippen LogP contribution < -0.4 is 9.50 Å². The van der Waals surface area contributed by atoms with Gasteiger partial charge < -0.3 is 9.50 Å². The molecule has 0 aromatic heterocycles. The molecule has 0 aliphatic carbocycles. The number of nitrogens with zero attached hydrogens (tertiary/aromatic N) is 2. The molecule has 3 aromatic carbocycles. The van der Waals surface area contributed by atoms with Crippen LogP contribution in [0.15, 0.2) is 82.6 Å². The van der Waals surface area contributed by atoms with Gasteiger partial charge in [0.05, 0.1) is 16.4 Å². The second-order valence-corrected chi connectivity index (χ2v) is 10.5. The number of hydrogen-bond donors (Lipinski definition) is 1. The predicted molar refractivity (Wildman–Crippen MR) is 140 cm³/mol. The molecule has 1 aliphatic rings. The van der Waals surface area contributed by atoms with Crippen molar-refractivity contribution in [2.45, 2.75) is 18.4 Å². The highest BCUT2D eigenvalue weighted by Crippen LogP contribution is 2.34. The van der Waals surface area contributed by atoms with Crippen molar-refractivity contribution in [1.29, 1.82) is 0 Å². The number of non-ortho nitro benzene ring substituents is 1. The van der Waals surface area contributed by atoms with Crippen LogP contribution in [-0.4, -0.2) is 35.3 Å². The number of carbonyl (C=O) groups excluding carboxylic acids is 3. The average Bonchev–Trinajstić information content (AvgIpc) is 3.12. The van der Waals surface area contributed by atoms with Crippen LogP contribution in [0.25, 0.3) is 6.08 Å². The van der Waals surface area contributed by atoms with E-state index in [2.05, 4.69) is 5.32 Å². The van der Waals surface area contributed by atoms with E-state index in [1.807, 2.05) is 0 Å². The Kier molecular flexibility index (Phi) is 7.60. The molecule has 0 saturated carbocycles. The average molecular weight is 554 g/mol. The molecule has 0 atom stereocenters. The number of amides is 3. The Bertz CT molecular complexity index is 1550. The van der Waals surface area contributed by atoms with Crippen LogP contribution in [0.3, 0.4) is 0 Å². The van der Waals surface area contributed by atoms with Crippen LogP contribution >= 0.6 is 11.8 Å². The molecule has 0 unspecified atom stereocenters. The van der Waals surface area contributed by atoms with Crippen molar-refractivity contribution in [2.24, 2.45) is 0 Å². The summed E-state index contributed by atoms with van der Waals surface area (Å²) in [6.45, 7) is 1.31. The standard InChI is InChI=1S/C25H19N3O8S2/c1-16(29)26-19-6-12-22(13-7-19)38(34,35)36-21-10-4-17(5-11-21)14-23-24(30)27(25(31)37-23)15-18-2-8-20(9-3-18)28(32)33/h2-14H,15H2,1H3,(H,26,29)/b23-14-. The molecule has 0 bridgehead atoms. The fourth-order valence-corrected chi connectivity index (χ4v) is 5.16. The van der Waals surface area contributed by atoms with E-state index in [1.54, 1.807) is 0 Å². The van der Waals surface area contributed by atoms with Gasteiger partial charge in [-0.05, 0) is 65.4 Å². The first-order chi connectivity index (χ1) is 18.0. The largest absolute Gasteiger partial charge is 0.379 e. The lowest BCUT2D eigenvalue weighted by molar-refractivity contribution is -0.384. The van der Waals surface area contributed by atoms with Gasteiger partial charge >= 0.3 is 10.1 Å². The van der Waals surface area contributed by atoms with Crippen molar-refractivity contribution < 1.29 is 31.9 Å². The summed E-state index contributed by atoms with van der Waals surface area (Å²) in [5.41, 5.74) is 1.45. The summed E-state index contributed by atoms with van der Waals surface area (Å²) < 4.78 is 30.3. The van der Waals surface area contributed by atoms with E-state index in [9.17, 15) is 32.9 Å². The van der Waals surface area contributed by atoms with Crippen LogP contribution in [0.1, 0.15) is 18.1 Å². The van der Waals surface area contributed by atoms with Gasteiger partial charge in [0.2, 0.25) is 5.91 Å². The fourth-order valence-electron chi connectivity index (χ4n) is 3.40. The summed E-state index contributed by atoms with van der Waals surface area (Å²) >= 11 is 0.757. The lowest BCUT2D eigenvalue weighted by atomic mass is 10.2. The summed E-state index contributed by atoms with van der Waals surface area (Å²) in [5.74, 6) is -0.755. The van der Waals surface area contributed by atoms with Gasteiger partial charge in [-0.2, -0.15) is 8.42 Å². The third kappa shape index (κ3) is 6.25. The van der Waals surface area contributed by atoms with Crippen LogP contribution in [0, 0.1) is 10.1 Å². The Morgan fingerprint density at radius 3 is 2.24 bits per heavy atom. The molecule has 0 spiro atoms. The second-order valence-electron chi connectivity index (χ2n) is 8.00. The Morgan fingerprint density at radius 2 is 1.66 bits per heavy atom. The molecule has 0 radical (unpaired) electrons. The summed E-state index contributed by atoms with van der Waals surface area (Å²) in [6, 6.07) is 17.0. The number of hydrogen-bond acceptors (Lipinski definition) is 9. The number of thioether (sulfide) groups is 1. The normalized spacial score (nSPS) is 14.6. The van der Waals surface area contributed by atoms with E-state index in [-0.39, 0.29) is 33.7 Å². The highest BCUT2D eigenvalue weighted by Gasteiger charge is 2.35. The van der Waals surface area contributed by atoms with E-state index < -0.39 is 26.2 Å². The summed E-state index contributed by atoms with van der Waals surface area (Å²) in [6.07, 6.45) is 1.50. The number of anilines is 1. The second kappa shape index (κ2) is 10.9. The van der Waals surface area contributed by atoms with Crippen molar-refractivity contribution in [2.75, 3.05) is 5.32 Å².